The van der Waals surface area contributed by atoms with Crippen LogP contribution in [0.25, 0.3) is 5.65 Å². The number of methoxy groups -OCH3 is 1. The fraction of sp³-hybridized carbons (Fsp3) is 0.458. The molecule has 3 aromatic rings. The van der Waals surface area contributed by atoms with Crippen molar-refractivity contribution >= 4 is 35.6 Å². The smallest absolute Gasteiger partial charge is 0.191 e. The highest BCUT2D eigenvalue weighted by Crippen LogP contribution is 2.21. The Hall–Kier alpha value is -2.40. The molecular weight excluding hydrogens is 531 g/mol. The van der Waals surface area contributed by atoms with Gasteiger partial charge in [0.05, 0.1) is 13.2 Å². The van der Waals surface area contributed by atoms with E-state index in [2.05, 4.69) is 52.9 Å². The van der Waals surface area contributed by atoms with Crippen LogP contribution < -0.4 is 15.4 Å². The molecule has 0 fully saturated rings. The Morgan fingerprint density at radius 1 is 1.09 bits per heavy atom. The minimum absolute atomic E-state index is 0. The Morgan fingerprint density at radius 3 is 2.79 bits per heavy atom. The lowest BCUT2D eigenvalue weighted by Crippen LogP contribution is -2.37. The number of rotatable bonds is 12. The number of pyridine rings is 1. The van der Waals surface area contributed by atoms with Gasteiger partial charge in [0.15, 0.2) is 11.6 Å². The highest BCUT2D eigenvalue weighted by Gasteiger charge is 2.07. The van der Waals surface area contributed by atoms with Gasteiger partial charge in [-0.1, -0.05) is 18.2 Å². The van der Waals surface area contributed by atoms with Gasteiger partial charge in [-0.25, -0.2) is 4.99 Å². The SMILES string of the molecule is CCNC(=NCc1ccc(C)cc1OCCCOC)NCCCc1nnc2ccccn12.I. The Bertz CT molecular complexity index is 1010. The topological polar surface area (TPSA) is 85.1 Å². The first-order valence-electron chi connectivity index (χ1n) is 11.2. The Morgan fingerprint density at radius 2 is 1.97 bits per heavy atom. The quantitative estimate of drug-likeness (QED) is 0.150. The van der Waals surface area contributed by atoms with Gasteiger partial charge < -0.3 is 20.1 Å². The molecule has 0 radical (unpaired) electrons. The summed E-state index contributed by atoms with van der Waals surface area (Å²) in [5.41, 5.74) is 3.12. The number of fused-ring (bicyclic) bond motifs is 1. The van der Waals surface area contributed by atoms with E-state index in [1.165, 1.54) is 5.56 Å². The number of halogens is 1. The summed E-state index contributed by atoms with van der Waals surface area (Å²) >= 11 is 0. The molecule has 0 amide bonds. The lowest BCUT2D eigenvalue weighted by Gasteiger charge is -2.13. The standard InChI is InChI=1S/C24H34N6O2.HI/c1-4-25-24(26-13-7-10-23-29-28-22-9-5-6-14-30(22)23)27-18-20-12-11-19(2)17-21(20)32-16-8-15-31-3;/h5-6,9,11-12,14,17H,4,7-8,10,13,15-16,18H2,1-3H3,(H2,25,26,27);1H. The first kappa shape index (κ1) is 26.8. The van der Waals surface area contributed by atoms with E-state index in [1.807, 2.05) is 28.8 Å². The van der Waals surface area contributed by atoms with Crippen LogP contribution in [0.4, 0.5) is 0 Å². The molecule has 2 heterocycles. The number of nitrogens with one attached hydrogen (secondary N) is 2. The molecule has 33 heavy (non-hydrogen) atoms. The third-order valence-electron chi connectivity index (χ3n) is 4.98. The van der Waals surface area contributed by atoms with E-state index in [1.54, 1.807) is 7.11 Å². The van der Waals surface area contributed by atoms with Gasteiger partial charge >= 0.3 is 0 Å². The summed E-state index contributed by atoms with van der Waals surface area (Å²) in [6.45, 7) is 7.60. The summed E-state index contributed by atoms with van der Waals surface area (Å²) < 4.78 is 13.1. The van der Waals surface area contributed by atoms with Crippen molar-refractivity contribution in [3.8, 4) is 5.75 Å². The third-order valence-corrected chi connectivity index (χ3v) is 4.98. The second-order valence-electron chi connectivity index (χ2n) is 7.58. The van der Waals surface area contributed by atoms with Crippen molar-refractivity contribution in [1.29, 1.82) is 0 Å². The molecule has 0 unspecified atom stereocenters. The summed E-state index contributed by atoms with van der Waals surface area (Å²) in [4.78, 5) is 4.76. The van der Waals surface area contributed by atoms with Gasteiger partial charge in [0.1, 0.15) is 11.6 Å². The molecule has 3 rings (SSSR count). The monoisotopic (exact) mass is 566 g/mol. The zero-order chi connectivity index (χ0) is 22.6. The number of hydrogen-bond acceptors (Lipinski definition) is 5. The van der Waals surface area contributed by atoms with Gasteiger partial charge in [-0.2, -0.15) is 0 Å². The molecule has 0 atom stereocenters. The Labute approximate surface area is 213 Å². The van der Waals surface area contributed by atoms with Crippen molar-refractivity contribution in [1.82, 2.24) is 25.2 Å². The molecule has 0 spiro atoms. The molecule has 0 aliphatic carbocycles. The maximum absolute atomic E-state index is 5.98. The summed E-state index contributed by atoms with van der Waals surface area (Å²) in [5, 5.41) is 15.2. The number of aromatic nitrogens is 3. The first-order chi connectivity index (χ1) is 15.7. The van der Waals surface area contributed by atoms with E-state index < -0.39 is 0 Å². The molecule has 9 heteroatoms. The van der Waals surface area contributed by atoms with Crippen molar-refractivity contribution in [3.63, 3.8) is 0 Å². The fourth-order valence-electron chi connectivity index (χ4n) is 3.33. The molecule has 1 aromatic carbocycles. The number of guanidine groups is 1. The highest BCUT2D eigenvalue weighted by atomic mass is 127. The van der Waals surface area contributed by atoms with E-state index >= 15 is 0 Å². The first-order valence-corrected chi connectivity index (χ1v) is 11.2. The molecule has 180 valence electrons. The van der Waals surface area contributed by atoms with Crippen LogP contribution in [0.3, 0.4) is 0 Å². The van der Waals surface area contributed by atoms with Crippen molar-refractivity contribution in [2.24, 2.45) is 4.99 Å². The molecule has 0 aliphatic rings. The molecule has 2 N–H and O–H groups in total. The molecular formula is C24H35IN6O2. The minimum atomic E-state index is 0. The maximum atomic E-state index is 5.98. The van der Waals surface area contributed by atoms with Gasteiger partial charge in [-0.3, -0.25) is 4.40 Å². The predicted octanol–water partition coefficient (Wildman–Crippen LogP) is 3.76. The molecule has 0 aliphatic heterocycles. The zero-order valence-electron chi connectivity index (χ0n) is 19.7. The molecule has 0 saturated heterocycles. The van der Waals surface area contributed by atoms with Crippen LogP contribution in [0.5, 0.6) is 5.75 Å². The van der Waals surface area contributed by atoms with Gasteiger partial charge in [-0.15, -0.1) is 34.2 Å². The second-order valence-corrected chi connectivity index (χ2v) is 7.58. The number of aryl methyl sites for hydroxylation is 2. The zero-order valence-corrected chi connectivity index (χ0v) is 22.0. The average Bonchev–Trinajstić information content (AvgIpc) is 3.22. The van der Waals surface area contributed by atoms with Crippen molar-refractivity contribution < 1.29 is 9.47 Å². The largest absolute Gasteiger partial charge is 0.493 e. The number of benzene rings is 1. The number of aliphatic imine (C=N–C) groups is 1. The van der Waals surface area contributed by atoms with Crippen LogP contribution in [0, 0.1) is 6.92 Å². The van der Waals surface area contributed by atoms with Crippen LogP contribution in [0.1, 0.15) is 36.7 Å². The van der Waals surface area contributed by atoms with Gasteiger partial charge in [0.2, 0.25) is 0 Å². The van der Waals surface area contributed by atoms with Crippen molar-refractivity contribution in [2.75, 3.05) is 33.4 Å². The Balaban J connectivity index is 0.00000385. The van der Waals surface area contributed by atoms with E-state index in [0.29, 0.717) is 19.8 Å². The van der Waals surface area contributed by atoms with Crippen LogP contribution in [0.15, 0.2) is 47.6 Å². The predicted molar refractivity (Wildman–Crippen MR) is 143 cm³/mol. The van der Waals surface area contributed by atoms with E-state index in [-0.39, 0.29) is 24.0 Å². The molecule has 8 nitrogen and oxygen atoms in total. The third kappa shape index (κ3) is 8.47. The van der Waals surface area contributed by atoms with Crippen LogP contribution in [-0.2, 0) is 17.7 Å². The van der Waals surface area contributed by atoms with Crippen molar-refractivity contribution in [2.45, 2.75) is 39.7 Å². The van der Waals surface area contributed by atoms with Gasteiger partial charge in [-0.05, 0) is 44.0 Å². The molecule has 0 bridgehead atoms. The second kappa shape index (κ2) is 14.7. The lowest BCUT2D eigenvalue weighted by molar-refractivity contribution is 0.172. The van der Waals surface area contributed by atoms with Crippen LogP contribution in [0.2, 0.25) is 0 Å². The number of nitrogens with zero attached hydrogens (tertiary/aromatic N) is 4. The summed E-state index contributed by atoms with van der Waals surface area (Å²) in [5.74, 6) is 2.66. The van der Waals surface area contributed by atoms with Crippen LogP contribution >= 0.6 is 24.0 Å². The Kier molecular flexibility index (Phi) is 12.0. The highest BCUT2D eigenvalue weighted by molar-refractivity contribution is 14.0. The summed E-state index contributed by atoms with van der Waals surface area (Å²) in [6, 6.07) is 12.2. The van der Waals surface area contributed by atoms with Crippen LogP contribution in [-0.4, -0.2) is 54.0 Å². The van der Waals surface area contributed by atoms with E-state index in [4.69, 9.17) is 14.5 Å². The van der Waals surface area contributed by atoms with Crippen molar-refractivity contribution in [3.05, 3.63) is 59.5 Å². The number of hydrogen-bond donors (Lipinski definition) is 2. The molecule has 2 aromatic heterocycles. The molecule has 0 saturated carbocycles. The summed E-state index contributed by atoms with van der Waals surface area (Å²) in [6.07, 6.45) is 4.63. The maximum Gasteiger partial charge on any atom is 0.191 e. The number of ether oxygens (including phenoxy) is 2. The summed E-state index contributed by atoms with van der Waals surface area (Å²) in [7, 11) is 1.70. The van der Waals surface area contributed by atoms with Gasteiger partial charge in [0, 0.05) is 51.4 Å². The van der Waals surface area contributed by atoms with E-state index in [9.17, 15) is 0 Å². The minimum Gasteiger partial charge on any atom is -0.493 e. The fourth-order valence-corrected chi connectivity index (χ4v) is 3.33. The van der Waals surface area contributed by atoms with E-state index in [0.717, 1.165) is 61.1 Å². The lowest BCUT2D eigenvalue weighted by atomic mass is 10.1. The average molecular weight is 566 g/mol. The van der Waals surface area contributed by atoms with Gasteiger partial charge in [0.25, 0.3) is 0 Å². The normalized spacial score (nSPS) is 11.3.